The number of rotatable bonds is 5. The lowest BCUT2D eigenvalue weighted by Gasteiger charge is -2.12. The van der Waals surface area contributed by atoms with E-state index in [4.69, 9.17) is 0 Å². The number of nitrogens with zero attached hydrogens (tertiary/aromatic N) is 1. The van der Waals surface area contributed by atoms with Gasteiger partial charge in [-0.3, -0.25) is 0 Å². The summed E-state index contributed by atoms with van der Waals surface area (Å²) in [5.74, 6) is 0. The van der Waals surface area contributed by atoms with Crippen LogP contribution in [0.15, 0.2) is 29.2 Å². The van der Waals surface area contributed by atoms with Crippen molar-refractivity contribution in [3.05, 3.63) is 29.8 Å². The molecular weight excluding hydrogens is 246 g/mol. The van der Waals surface area contributed by atoms with E-state index < -0.39 is 10.0 Å². The molecule has 0 aromatic heterocycles. The van der Waals surface area contributed by atoms with Gasteiger partial charge < -0.3 is 0 Å². The average Bonchev–Trinajstić information content (AvgIpc) is 3.01. The molecule has 3 nitrogen and oxygen atoms in total. The molecule has 1 heterocycles. The second-order valence-electron chi connectivity index (χ2n) is 5.43. The Morgan fingerprint density at radius 2 is 1.89 bits per heavy atom. The lowest BCUT2D eigenvalue weighted by atomic mass is 10.1. The first-order chi connectivity index (χ1) is 8.40. The minimum absolute atomic E-state index is 0.153. The van der Waals surface area contributed by atoms with Gasteiger partial charge in [0.25, 0.3) is 0 Å². The molecule has 1 unspecified atom stereocenters. The van der Waals surface area contributed by atoms with E-state index in [1.54, 1.807) is 16.4 Å². The van der Waals surface area contributed by atoms with Crippen molar-refractivity contribution in [1.29, 1.82) is 0 Å². The third kappa shape index (κ3) is 2.45. The van der Waals surface area contributed by atoms with Crippen molar-refractivity contribution >= 4 is 10.0 Å². The molecule has 0 N–H and O–H groups in total. The molecule has 1 aliphatic rings. The normalized spacial score (nSPS) is 27.2. The number of benzene rings is 1. The maximum atomic E-state index is 12.4. The predicted octanol–water partition coefficient (Wildman–Crippen LogP) is 2.95. The van der Waals surface area contributed by atoms with Gasteiger partial charge in [-0.2, -0.15) is 4.31 Å². The van der Waals surface area contributed by atoms with Crippen LogP contribution in [0.2, 0.25) is 0 Å². The number of hydrogen-bond acceptors (Lipinski definition) is 2. The number of hydrogen-bond donors (Lipinski definition) is 0. The molecule has 1 fully saturated rings. The molecule has 4 heteroatoms. The Hall–Kier alpha value is -0.870. The van der Waals surface area contributed by atoms with Crippen LogP contribution < -0.4 is 0 Å². The van der Waals surface area contributed by atoms with Crippen molar-refractivity contribution in [2.24, 2.45) is 0 Å². The Bertz CT molecular complexity index is 521. The van der Waals surface area contributed by atoms with Crippen molar-refractivity contribution in [3.63, 3.8) is 0 Å². The van der Waals surface area contributed by atoms with Crippen LogP contribution in [0, 0.1) is 6.92 Å². The van der Waals surface area contributed by atoms with Crippen LogP contribution in [0.5, 0.6) is 0 Å². The zero-order valence-corrected chi connectivity index (χ0v) is 12.1. The summed E-state index contributed by atoms with van der Waals surface area (Å²) in [4.78, 5) is 0.410. The summed E-state index contributed by atoms with van der Waals surface area (Å²) in [6.07, 6.45) is 3.14. The van der Waals surface area contributed by atoms with Crippen LogP contribution in [0.4, 0.5) is 0 Å². The van der Waals surface area contributed by atoms with Crippen LogP contribution in [0.1, 0.15) is 38.7 Å². The summed E-state index contributed by atoms with van der Waals surface area (Å²) in [5, 5.41) is 0. The highest BCUT2D eigenvalue weighted by Crippen LogP contribution is 2.41. The Morgan fingerprint density at radius 3 is 2.44 bits per heavy atom. The van der Waals surface area contributed by atoms with Gasteiger partial charge in [0.1, 0.15) is 0 Å². The van der Waals surface area contributed by atoms with E-state index in [0.717, 1.165) is 24.8 Å². The molecule has 0 saturated carbocycles. The summed E-state index contributed by atoms with van der Waals surface area (Å²) in [7, 11) is -3.29. The van der Waals surface area contributed by atoms with E-state index >= 15 is 0 Å². The van der Waals surface area contributed by atoms with Gasteiger partial charge in [0.05, 0.1) is 4.90 Å². The maximum absolute atomic E-state index is 12.4. The first-order valence-corrected chi connectivity index (χ1v) is 7.94. The van der Waals surface area contributed by atoms with Crippen LogP contribution in [-0.4, -0.2) is 24.8 Å². The fourth-order valence-corrected chi connectivity index (χ4v) is 4.10. The van der Waals surface area contributed by atoms with E-state index in [0.29, 0.717) is 11.4 Å². The standard InChI is InChI=1S/C14H21NO2S/c1-4-5-10-14(3)11-15(14)18(16,17)13-8-6-12(2)7-9-13/h6-9H,4-5,10-11H2,1-3H3/t14-,15?/m1/s1. The highest BCUT2D eigenvalue weighted by Gasteiger charge is 2.54. The van der Waals surface area contributed by atoms with Gasteiger partial charge in [0, 0.05) is 12.1 Å². The topological polar surface area (TPSA) is 37.1 Å². The summed E-state index contributed by atoms with van der Waals surface area (Å²) < 4.78 is 26.4. The van der Waals surface area contributed by atoms with E-state index in [1.165, 1.54) is 0 Å². The van der Waals surface area contributed by atoms with Crippen molar-refractivity contribution < 1.29 is 8.42 Å². The molecule has 0 radical (unpaired) electrons. The van der Waals surface area contributed by atoms with Crippen molar-refractivity contribution in [2.45, 2.75) is 50.5 Å². The van der Waals surface area contributed by atoms with Gasteiger partial charge in [-0.1, -0.05) is 37.5 Å². The minimum Gasteiger partial charge on any atom is -0.207 e. The highest BCUT2D eigenvalue weighted by molar-refractivity contribution is 7.89. The predicted molar refractivity (Wildman–Crippen MR) is 73.0 cm³/mol. The Balaban J connectivity index is 2.17. The van der Waals surface area contributed by atoms with Gasteiger partial charge in [-0.25, -0.2) is 8.42 Å². The van der Waals surface area contributed by atoms with Gasteiger partial charge in [-0.05, 0) is 32.4 Å². The monoisotopic (exact) mass is 267 g/mol. The zero-order valence-electron chi connectivity index (χ0n) is 11.3. The number of unbranched alkanes of at least 4 members (excludes halogenated alkanes) is 1. The quantitative estimate of drug-likeness (QED) is 0.769. The summed E-state index contributed by atoms with van der Waals surface area (Å²) >= 11 is 0. The maximum Gasteiger partial charge on any atom is 0.243 e. The van der Waals surface area contributed by atoms with Crippen LogP contribution >= 0.6 is 0 Å². The van der Waals surface area contributed by atoms with E-state index in [2.05, 4.69) is 6.92 Å². The smallest absolute Gasteiger partial charge is 0.207 e. The summed E-state index contributed by atoms with van der Waals surface area (Å²) in [5.41, 5.74) is 0.924. The van der Waals surface area contributed by atoms with Gasteiger partial charge >= 0.3 is 0 Å². The summed E-state index contributed by atoms with van der Waals surface area (Å²) in [6.45, 7) is 6.78. The Labute approximate surface area is 110 Å². The second-order valence-corrected chi connectivity index (χ2v) is 7.29. The number of aryl methyl sites for hydroxylation is 1. The second kappa shape index (κ2) is 4.67. The molecule has 0 aliphatic carbocycles. The van der Waals surface area contributed by atoms with Crippen LogP contribution in [0.25, 0.3) is 0 Å². The molecule has 2 rings (SSSR count). The fraction of sp³-hybridized carbons (Fsp3) is 0.571. The third-order valence-electron chi connectivity index (χ3n) is 3.66. The molecule has 18 heavy (non-hydrogen) atoms. The molecular formula is C14H21NO2S. The summed E-state index contributed by atoms with van der Waals surface area (Å²) in [6, 6.07) is 7.09. The van der Waals surface area contributed by atoms with Crippen molar-refractivity contribution in [1.82, 2.24) is 4.31 Å². The highest BCUT2D eigenvalue weighted by atomic mass is 32.2. The largest absolute Gasteiger partial charge is 0.243 e. The first-order valence-electron chi connectivity index (χ1n) is 6.50. The molecule has 1 aromatic rings. The minimum atomic E-state index is -3.29. The van der Waals surface area contributed by atoms with Crippen LogP contribution in [0.3, 0.4) is 0 Å². The molecule has 1 aromatic carbocycles. The first kappa shape index (κ1) is 13.6. The van der Waals surface area contributed by atoms with E-state index in [-0.39, 0.29) is 5.54 Å². The van der Waals surface area contributed by atoms with Crippen molar-refractivity contribution in [2.75, 3.05) is 6.54 Å². The SMILES string of the molecule is CCCC[C@]1(C)CN1S(=O)(=O)c1ccc(C)cc1. The molecule has 2 atom stereocenters. The molecule has 1 aliphatic heterocycles. The van der Waals surface area contributed by atoms with Gasteiger partial charge in [-0.15, -0.1) is 0 Å². The van der Waals surface area contributed by atoms with E-state index in [9.17, 15) is 8.42 Å². The van der Waals surface area contributed by atoms with E-state index in [1.807, 2.05) is 26.0 Å². The average molecular weight is 267 g/mol. The third-order valence-corrected chi connectivity index (χ3v) is 5.68. The fourth-order valence-electron chi connectivity index (χ4n) is 2.25. The molecule has 0 bridgehead atoms. The lowest BCUT2D eigenvalue weighted by molar-refractivity contribution is 0.482. The van der Waals surface area contributed by atoms with Crippen LogP contribution in [-0.2, 0) is 10.0 Å². The zero-order chi connectivity index (χ0) is 13.4. The molecule has 100 valence electrons. The molecule has 0 amide bonds. The molecule has 1 saturated heterocycles. The Kier molecular flexibility index (Phi) is 3.52. The lowest BCUT2D eigenvalue weighted by Crippen LogP contribution is -2.21. The van der Waals surface area contributed by atoms with Gasteiger partial charge in [0.15, 0.2) is 0 Å². The van der Waals surface area contributed by atoms with Gasteiger partial charge in [0.2, 0.25) is 10.0 Å². The number of sulfonamides is 1. The van der Waals surface area contributed by atoms with Crippen molar-refractivity contribution in [3.8, 4) is 0 Å². The Morgan fingerprint density at radius 1 is 1.28 bits per heavy atom. The molecule has 0 spiro atoms.